The van der Waals surface area contributed by atoms with Crippen LogP contribution in [0.15, 0.2) is 0 Å². The second kappa shape index (κ2) is 15.9. The van der Waals surface area contributed by atoms with Crippen molar-refractivity contribution in [3.63, 3.8) is 0 Å². The van der Waals surface area contributed by atoms with Crippen LogP contribution in [0.4, 0.5) is 0 Å². The molecule has 7 radical (unpaired) electrons. The van der Waals surface area contributed by atoms with Crippen LogP contribution >= 0.6 is 0 Å². The van der Waals surface area contributed by atoms with Crippen molar-refractivity contribution in [2.75, 3.05) is 0 Å². The third kappa shape index (κ3) is 9.16. The summed E-state index contributed by atoms with van der Waals surface area (Å²) < 4.78 is 0. The smallest absolute Gasteiger partial charge is 0 e. The fourth-order valence-electron chi connectivity index (χ4n) is 0. The molecule has 0 nitrogen and oxygen atoms in total. The molecule has 0 unspecified atom stereocenters. The van der Waals surface area contributed by atoms with Crippen LogP contribution in [0, 0.1) is 0 Å². The van der Waals surface area contributed by atoms with Crippen molar-refractivity contribution in [3.05, 3.63) is 0 Å². The van der Waals surface area contributed by atoms with Gasteiger partial charge < -0.3 is 0 Å². The normalized spacial score (nSPS) is 0. The summed E-state index contributed by atoms with van der Waals surface area (Å²) in [6.07, 6.45) is 0. The molecule has 0 aromatic carbocycles. The zero-order valence-electron chi connectivity index (χ0n) is 2.56. The van der Waals surface area contributed by atoms with Gasteiger partial charge in [-0.25, -0.2) is 0 Å². The molecule has 0 aromatic heterocycles. The summed E-state index contributed by atoms with van der Waals surface area (Å²) in [6.45, 7) is 0. The molecule has 0 bridgehead atoms. The Kier molecular flexibility index (Phi) is 101. The van der Waals surface area contributed by atoms with E-state index in [1.807, 2.05) is 0 Å². The van der Waals surface area contributed by atoms with Gasteiger partial charge in [-0.3, -0.25) is 0 Å². The summed E-state index contributed by atoms with van der Waals surface area (Å²) in [4.78, 5) is 0. The molecule has 0 rings (SSSR count). The molecule has 0 amide bonds. The van der Waals surface area contributed by atoms with Crippen molar-refractivity contribution < 1.29 is 17.1 Å². The minimum absolute atomic E-state index is 0. The van der Waals surface area contributed by atoms with Gasteiger partial charge in [-0.1, -0.05) is 0 Å². The molecule has 0 fully saturated rings. The Bertz CT molecular complexity index is 8.00. The van der Waals surface area contributed by atoms with Gasteiger partial charge in [0.25, 0.3) is 0 Å². The molecule has 0 aromatic rings. The molecule has 15 valence electrons. The van der Waals surface area contributed by atoms with Crippen LogP contribution in [-0.2, 0) is 17.1 Å². The van der Waals surface area contributed by atoms with Gasteiger partial charge in [-0.2, -0.15) is 0 Å². The van der Waals surface area contributed by atoms with Gasteiger partial charge in [0.05, 0.1) is 0 Å². The molecule has 0 atom stereocenters. The molecule has 0 spiro atoms. The minimum atomic E-state index is 0. The predicted molar refractivity (Wildman–Crippen MR) is 17.3 cm³/mol. The molecule has 0 aliphatic rings. The Hall–Kier alpha value is 3.63. The molecule has 0 aliphatic carbocycles. The summed E-state index contributed by atoms with van der Waals surface area (Å²) in [5.41, 5.74) is 0. The number of hydrogen-bond donors (Lipinski definition) is 0. The van der Waals surface area contributed by atoms with Crippen molar-refractivity contribution in [3.8, 4) is 0 Å². The SMILES string of the molecule is [Ca].[Fe].[K].[Si]. The van der Waals surface area contributed by atoms with Crippen molar-refractivity contribution in [1.29, 1.82) is 0 Å². The first-order chi connectivity index (χ1) is 0. The van der Waals surface area contributed by atoms with E-state index in [1.54, 1.807) is 0 Å². The van der Waals surface area contributed by atoms with Crippen LogP contribution in [0.25, 0.3) is 0 Å². The number of rotatable bonds is 0. The fraction of sp³-hybridized carbons (Fsp3) is 0. The molecule has 0 N–H and O–H groups in total. The van der Waals surface area contributed by atoms with Crippen LogP contribution < -0.4 is 0 Å². The van der Waals surface area contributed by atoms with Crippen LogP contribution in [0.3, 0.4) is 0 Å². The summed E-state index contributed by atoms with van der Waals surface area (Å²) in [7, 11) is 0. The quantitative estimate of drug-likeness (QED) is 0.396. The Morgan fingerprint density at radius 2 is 1.00 bits per heavy atom. The molecule has 0 saturated heterocycles. The van der Waals surface area contributed by atoms with Crippen LogP contribution in [0.1, 0.15) is 0 Å². The van der Waals surface area contributed by atoms with E-state index in [0.29, 0.717) is 0 Å². The molecule has 0 aliphatic heterocycles. The van der Waals surface area contributed by atoms with Crippen LogP contribution in [0.5, 0.6) is 0 Å². The number of hydrogen-bond acceptors (Lipinski definition) is 0. The zero-order chi connectivity index (χ0) is 0. The van der Waals surface area contributed by atoms with Crippen molar-refractivity contribution >= 4 is 100 Å². The summed E-state index contributed by atoms with van der Waals surface area (Å²) in [5.74, 6) is 0. The predicted octanol–water partition coefficient (Wildman–Crippen LogP) is -1.14. The molecule has 0 heterocycles. The average Bonchev–Trinajstić information content (AvgIpc) is 0. The van der Waals surface area contributed by atoms with Gasteiger partial charge in [0, 0.05) is 117 Å². The molecule has 4 heteroatoms. The van der Waals surface area contributed by atoms with Crippen molar-refractivity contribution in [2.24, 2.45) is 0 Å². The van der Waals surface area contributed by atoms with E-state index in [1.165, 1.54) is 0 Å². The van der Waals surface area contributed by atoms with Crippen LogP contribution in [0.2, 0.25) is 0 Å². The Labute approximate surface area is 114 Å². The van der Waals surface area contributed by atoms with Crippen LogP contribution in [-0.4, -0.2) is 100 Å². The summed E-state index contributed by atoms with van der Waals surface area (Å²) >= 11 is 0. The van der Waals surface area contributed by atoms with Gasteiger partial charge in [0.1, 0.15) is 0 Å². The zero-order valence-corrected chi connectivity index (χ0v) is 10.00. The third-order valence-corrected chi connectivity index (χ3v) is 0. The maximum atomic E-state index is 0. The Morgan fingerprint density at radius 1 is 1.00 bits per heavy atom. The fourth-order valence-corrected chi connectivity index (χ4v) is 0. The van der Waals surface area contributed by atoms with E-state index < -0.39 is 0 Å². The third-order valence-electron chi connectivity index (χ3n) is 0. The van der Waals surface area contributed by atoms with E-state index in [4.69, 9.17) is 0 Å². The van der Waals surface area contributed by atoms with Crippen molar-refractivity contribution in [1.82, 2.24) is 0 Å². The minimum Gasteiger partial charge on any atom is 0 e. The van der Waals surface area contributed by atoms with Gasteiger partial charge in [0.2, 0.25) is 0 Å². The van der Waals surface area contributed by atoms with Gasteiger partial charge >= 0.3 is 0 Å². The van der Waals surface area contributed by atoms with E-state index in [-0.39, 0.29) is 117 Å². The first-order valence-corrected chi connectivity index (χ1v) is 0. The maximum Gasteiger partial charge on any atom is 0 e. The first-order valence-electron chi connectivity index (χ1n) is 0. The first kappa shape index (κ1) is 25.4. The summed E-state index contributed by atoms with van der Waals surface area (Å²) in [5, 5.41) is 0. The molecule has 4 heavy (non-hydrogen) atoms. The molecular formula is CaFeKSi. The van der Waals surface area contributed by atoms with Gasteiger partial charge in [0.15, 0.2) is 0 Å². The van der Waals surface area contributed by atoms with E-state index in [2.05, 4.69) is 0 Å². The largest absolute Gasteiger partial charge is 0 e. The maximum absolute atomic E-state index is 0. The Balaban J connectivity index is 0. The van der Waals surface area contributed by atoms with E-state index in [0.717, 1.165) is 0 Å². The standard InChI is InChI=1S/Ca.Fe.K.Si. The average molecular weight is 163 g/mol. The second-order valence-electron chi connectivity index (χ2n) is 0. The van der Waals surface area contributed by atoms with Gasteiger partial charge in [-0.05, 0) is 0 Å². The van der Waals surface area contributed by atoms with E-state index >= 15 is 0 Å². The molecule has 0 saturated carbocycles. The second-order valence-corrected chi connectivity index (χ2v) is 0. The molecular weight excluding hydrogens is 163 g/mol. The topological polar surface area (TPSA) is 0 Å². The van der Waals surface area contributed by atoms with E-state index in [9.17, 15) is 0 Å². The van der Waals surface area contributed by atoms with Crippen molar-refractivity contribution in [2.45, 2.75) is 0 Å². The Morgan fingerprint density at radius 3 is 1.00 bits per heavy atom. The summed E-state index contributed by atoms with van der Waals surface area (Å²) in [6, 6.07) is 0. The van der Waals surface area contributed by atoms with Gasteiger partial charge in [-0.15, -0.1) is 0 Å². The monoisotopic (exact) mass is 163 g/mol.